The van der Waals surface area contributed by atoms with Gasteiger partial charge in [-0.3, -0.25) is 24.4 Å². The van der Waals surface area contributed by atoms with Gasteiger partial charge in [0.05, 0.1) is 34.2 Å². The predicted octanol–water partition coefficient (Wildman–Crippen LogP) is 5.04. The molecule has 2 aliphatic rings. The summed E-state index contributed by atoms with van der Waals surface area (Å²) in [6, 6.07) is 12.2. The van der Waals surface area contributed by atoms with Crippen molar-refractivity contribution in [1.82, 2.24) is 30.8 Å². The van der Waals surface area contributed by atoms with Crippen molar-refractivity contribution >= 4 is 39.5 Å². The van der Waals surface area contributed by atoms with Gasteiger partial charge in [0.25, 0.3) is 11.8 Å². The number of hydrogen-bond acceptors (Lipinski definition) is 6. The number of aromatic nitrogens is 2. The van der Waals surface area contributed by atoms with E-state index in [9.17, 15) is 14.4 Å². The van der Waals surface area contributed by atoms with Gasteiger partial charge in [-0.1, -0.05) is 41.5 Å². The second kappa shape index (κ2) is 13.0. The minimum absolute atomic E-state index is 0.0363. The van der Waals surface area contributed by atoms with E-state index in [1.807, 2.05) is 29.2 Å². The van der Waals surface area contributed by atoms with Crippen LogP contribution in [0.2, 0.25) is 0 Å². The van der Waals surface area contributed by atoms with Gasteiger partial charge in [0.2, 0.25) is 5.91 Å². The number of pyridine rings is 2. The number of amides is 3. The maximum absolute atomic E-state index is 13.6. The molecule has 0 saturated carbocycles. The third-order valence-corrected chi connectivity index (χ3v) is 9.78. The molecule has 2 fully saturated rings. The van der Waals surface area contributed by atoms with Crippen molar-refractivity contribution in [3.05, 3.63) is 82.2 Å². The van der Waals surface area contributed by atoms with Gasteiger partial charge in [-0.25, -0.2) is 0 Å². The zero-order chi connectivity index (χ0) is 33.5. The summed E-state index contributed by atoms with van der Waals surface area (Å²) in [5.74, 6) is 0.0809. The number of hydrogen-bond donors (Lipinski definition) is 3. The van der Waals surface area contributed by atoms with Gasteiger partial charge in [-0.05, 0) is 82.8 Å². The van der Waals surface area contributed by atoms with Crippen LogP contribution in [0.25, 0.3) is 21.8 Å². The van der Waals surface area contributed by atoms with Crippen LogP contribution in [0.4, 0.5) is 0 Å². The van der Waals surface area contributed by atoms with E-state index in [-0.39, 0.29) is 29.8 Å². The van der Waals surface area contributed by atoms with E-state index in [2.05, 4.69) is 79.6 Å². The highest BCUT2D eigenvalue weighted by Crippen LogP contribution is 2.35. The molecule has 2 saturated heterocycles. The SMILES string of the molecule is CCc1cc(C(=O)NC2CN(C(=O)CC(C)(C)c3ccnc4c(C(=O)NC5CNC5)cc(CC)cc34)C2)c2nccc(C(C)C)c2c1. The molecule has 0 atom stereocenters. The number of aryl methyl sites for hydroxylation is 2. The Hall–Kier alpha value is -4.37. The van der Waals surface area contributed by atoms with Crippen molar-refractivity contribution < 1.29 is 14.4 Å². The van der Waals surface area contributed by atoms with Gasteiger partial charge in [-0.2, -0.15) is 0 Å². The van der Waals surface area contributed by atoms with Crippen LogP contribution in [-0.2, 0) is 23.1 Å². The molecule has 3 N–H and O–H groups in total. The molecule has 2 aromatic carbocycles. The van der Waals surface area contributed by atoms with Crippen LogP contribution >= 0.6 is 0 Å². The molecule has 2 aliphatic heterocycles. The topological polar surface area (TPSA) is 116 Å². The molecule has 47 heavy (non-hydrogen) atoms. The smallest absolute Gasteiger partial charge is 0.253 e. The van der Waals surface area contributed by atoms with E-state index in [0.29, 0.717) is 42.1 Å². The second-order valence-corrected chi connectivity index (χ2v) is 14.1. The van der Waals surface area contributed by atoms with Gasteiger partial charge in [0, 0.05) is 55.8 Å². The number of carbonyl (C=O) groups is 3. The van der Waals surface area contributed by atoms with Crippen molar-refractivity contribution in [2.24, 2.45) is 0 Å². The average molecular weight is 635 g/mol. The standard InChI is InChI=1S/C38H46N6O3/c1-7-23-13-28-27(22(3)4)9-11-40-34(28)30(15-23)37(47)43-26-20-44(21-26)33(45)17-38(5,6)32-10-12-41-35-29(32)14-24(8-2)16-31(35)36(46)42-25-18-39-19-25/h9-16,22,25-26,39H,7-8,17-21H2,1-6H3,(H,42,46)(H,43,47). The predicted molar refractivity (Wildman–Crippen MR) is 186 cm³/mol. The average Bonchev–Trinajstić information content (AvgIpc) is 3.01. The first-order chi connectivity index (χ1) is 22.5. The highest BCUT2D eigenvalue weighted by molar-refractivity contribution is 6.08. The molecule has 4 heterocycles. The summed E-state index contributed by atoms with van der Waals surface area (Å²) in [5, 5.41) is 11.4. The highest BCUT2D eigenvalue weighted by atomic mass is 16.2. The summed E-state index contributed by atoms with van der Waals surface area (Å²) in [6.45, 7) is 15.1. The number of fused-ring (bicyclic) bond motifs is 2. The number of rotatable bonds is 10. The normalized spacial score (nSPS) is 15.5. The monoisotopic (exact) mass is 634 g/mol. The number of nitrogens with one attached hydrogen (secondary N) is 3. The van der Waals surface area contributed by atoms with Crippen LogP contribution in [0, 0.1) is 0 Å². The van der Waals surface area contributed by atoms with E-state index >= 15 is 0 Å². The number of likely N-dealkylation sites (tertiary alicyclic amines) is 1. The van der Waals surface area contributed by atoms with Gasteiger partial charge < -0.3 is 20.9 Å². The minimum atomic E-state index is -0.510. The lowest BCUT2D eigenvalue weighted by atomic mass is 9.78. The molecule has 0 unspecified atom stereocenters. The van der Waals surface area contributed by atoms with Gasteiger partial charge >= 0.3 is 0 Å². The summed E-state index contributed by atoms with van der Waals surface area (Å²) in [6.07, 6.45) is 5.42. The zero-order valence-corrected chi connectivity index (χ0v) is 28.4. The van der Waals surface area contributed by atoms with Crippen LogP contribution in [0.1, 0.15) is 96.9 Å². The summed E-state index contributed by atoms with van der Waals surface area (Å²) in [4.78, 5) is 51.4. The first-order valence-corrected chi connectivity index (χ1v) is 16.9. The number of nitrogens with zero attached hydrogens (tertiary/aromatic N) is 3. The van der Waals surface area contributed by atoms with Crippen molar-refractivity contribution in [1.29, 1.82) is 0 Å². The first-order valence-electron chi connectivity index (χ1n) is 16.9. The quantitative estimate of drug-likeness (QED) is 0.225. The van der Waals surface area contributed by atoms with Gasteiger partial charge in [0.15, 0.2) is 0 Å². The Kier molecular flexibility index (Phi) is 9.03. The minimum Gasteiger partial charge on any atom is -0.347 e. The molecule has 0 radical (unpaired) electrons. The molecule has 0 aliphatic carbocycles. The molecule has 6 rings (SSSR count). The Balaban J connectivity index is 1.15. The number of carbonyl (C=O) groups excluding carboxylic acids is 3. The fourth-order valence-corrected chi connectivity index (χ4v) is 6.77. The molecule has 246 valence electrons. The molecule has 9 heteroatoms. The molecule has 0 bridgehead atoms. The highest BCUT2D eigenvalue weighted by Gasteiger charge is 2.36. The van der Waals surface area contributed by atoms with E-state index < -0.39 is 5.41 Å². The largest absolute Gasteiger partial charge is 0.347 e. The Morgan fingerprint density at radius 3 is 1.96 bits per heavy atom. The van der Waals surface area contributed by atoms with Crippen molar-refractivity contribution in [2.75, 3.05) is 26.2 Å². The Bertz CT molecular complexity index is 1860. The Morgan fingerprint density at radius 1 is 0.851 bits per heavy atom. The van der Waals surface area contributed by atoms with Crippen molar-refractivity contribution in [3.63, 3.8) is 0 Å². The van der Waals surface area contributed by atoms with Crippen LogP contribution in [0.15, 0.2) is 48.8 Å². The lowest BCUT2D eigenvalue weighted by molar-refractivity contribution is -0.137. The molecular weight excluding hydrogens is 588 g/mol. The third kappa shape index (κ3) is 6.46. The van der Waals surface area contributed by atoms with Gasteiger partial charge in [0.1, 0.15) is 0 Å². The first kappa shape index (κ1) is 32.6. The molecule has 0 spiro atoms. The van der Waals surface area contributed by atoms with Crippen LogP contribution in [0.3, 0.4) is 0 Å². The number of benzene rings is 2. The maximum Gasteiger partial charge on any atom is 0.253 e. The molecule has 2 aromatic heterocycles. The fourth-order valence-electron chi connectivity index (χ4n) is 6.77. The van der Waals surface area contributed by atoms with Crippen LogP contribution in [0.5, 0.6) is 0 Å². The Labute approximate surface area is 276 Å². The molecule has 9 nitrogen and oxygen atoms in total. The van der Waals surface area contributed by atoms with Gasteiger partial charge in [-0.15, -0.1) is 0 Å². The van der Waals surface area contributed by atoms with Crippen molar-refractivity contribution in [3.8, 4) is 0 Å². The van der Waals surface area contributed by atoms with E-state index in [1.165, 1.54) is 5.56 Å². The van der Waals surface area contributed by atoms with Crippen LogP contribution < -0.4 is 16.0 Å². The van der Waals surface area contributed by atoms with Crippen molar-refractivity contribution in [2.45, 2.75) is 84.2 Å². The molecule has 4 aromatic rings. The van der Waals surface area contributed by atoms with E-state index in [1.54, 1.807) is 12.4 Å². The van der Waals surface area contributed by atoms with Crippen LogP contribution in [-0.4, -0.2) is 70.9 Å². The lowest BCUT2D eigenvalue weighted by Crippen LogP contribution is -2.61. The summed E-state index contributed by atoms with van der Waals surface area (Å²) in [5.41, 5.74) is 6.36. The third-order valence-electron chi connectivity index (χ3n) is 9.78. The summed E-state index contributed by atoms with van der Waals surface area (Å²) in [7, 11) is 0. The lowest BCUT2D eigenvalue weighted by Gasteiger charge is -2.41. The van der Waals surface area contributed by atoms with E-state index in [0.717, 1.165) is 58.9 Å². The summed E-state index contributed by atoms with van der Waals surface area (Å²) < 4.78 is 0. The van der Waals surface area contributed by atoms with E-state index in [4.69, 9.17) is 0 Å². The fraction of sp³-hybridized carbons (Fsp3) is 0.447. The molecule has 3 amide bonds. The molecular formula is C38H46N6O3. The Morgan fingerprint density at radius 2 is 1.40 bits per heavy atom. The second-order valence-electron chi connectivity index (χ2n) is 14.1. The zero-order valence-electron chi connectivity index (χ0n) is 28.4. The maximum atomic E-state index is 13.6. The summed E-state index contributed by atoms with van der Waals surface area (Å²) >= 11 is 0.